The first-order valence-corrected chi connectivity index (χ1v) is 8.98. The van der Waals surface area contributed by atoms with Gasteiger partial charge < -0.3 is 10.3 Å². The maximum Gasteiger partial charge on any atom is 0.226 e. The molecule has 0 bridgehead atoms. The molecule has 0 radical (unpaired) electrons. The first kappa shape index (κ1) is 17.7. The zero-order valence-corrected chi connectivity index (χ0v) is 14.0. The fourth-order valence-corrected chi connectivity index (χ4v) is 2.72. The molecule has 1 aromatic carbocycles. The number of nitrogens with two attached hydrogens (primary N) is 1. The maximum atomic E-state index is 5.49. The molecule has 0 aliphatic heterocycles. The van der Waals surface area contributed by atoms with Crippen molar-refractivity contribution in [3.63, 3.8) is 0 Å². The van der Waals surface area contributed by atoms with Crippen LogP contribution >= 0.6 is 0 Å². The van der Waals surface area contributed by atoms with E-state index in [-0.39, 0.29) is 0 Å². The van der Waals surface area contributed by atoms with Crippen LogP contribution in [0.25, 0.3) is 11.4 Å². The molecule has 126 valence electrons. The van der Waals surface area contributed by atoms with Gasteiger partial charge in [0.2, 0.25) is 11.7 Å². The number of nitrogens with zero attached hydrogens (tertiary/aromatic N) is 2. The summed E-state index contributed by atoms with van der Waals surface area (Å²) < 4.78 is 5.33. The van der Waals surface area contributed by atoms with Crippen molar-refractivity contribution in [2.45, 2.75) is 64.2 Å². The van der Waals surface area contributed by atoms with E-state index in [1.165, 1.54) is 51.4 Å². The largest absolute Gasteiger partial charge is 0.339 e. The Kier molecular flexibility index (Phi) is 8.41. The highest BCUT2D eigenvalue weighted by Gasteiger charge is 2.07. The molecule has 0 saturated heterocycles. The molecule has 23 heavy (non-hydrogen) atoms. The lowest BCUT2D eigenvalue weighted by molar-refractivity contribution is 0.373. The summed E-state index contributed by atoms with van der Waals surface area (Å²) >= 11 is 0. The number of aryl methyl sites for hydroxylation is 1. The van der Waals surface area contributed by atoms with Crippen LogP contribution in [0.1, 0.15) is 63.7 Å². The highest BCUT2D eigenvalue weighted by atomic mass is 16.5. The summed E-state index contributed by atoms with van der Waals surface area (Å²) in [5, 5.41) is 4.06. The third-order valence-corrected chi connectivity index (χ3v) is 4.09. The molecule has 0 fully saturated rings. The van der Waals surface area contributed by atoms with Gasteiger partial charge in [0.1, 0.15) is 0 Å². The second kappa shape index (κ2) is 10.9. The summed E-state index contributed by atoms with van der Waals surface area (Å²) in [6.07, 6.45) is 12.4. The maximum absolute atomic E-state index is 5.49. The van der Waals surface area contributed by atoms with Crippen molar-refractivity contribution in [2.24, 2.45) is 5.73 Å². The summed E-state index contributed by atoms with van der Waals surface area (Å²) in [6.45, 7) is 0.835. The number of rotatable bonds is 12. The molecular weight excluding hydrogens is 286 g/mol. The number of unbranched alkanes of at least 4 members (excludes halogenated alkanes) is 8. The van der Waals surface area contributed by atoms with Crippen LogP contribution in [0, 0.1) is 0 Å². The van der Waals surface area contributed by atoms with Crippen LogP contribution in [0.4, 0.5) is 0 Å². The highest BCUT2D eigenvalue weighted by Crippen LogP contribution is 2.16. The van der Waals surface area contributed by atoms with Gasteiger partial charge in [-0.1, -0.05) is 80.4 Å². The molecule has 2 aromatic rings. The number of benzene rings is 1. The predicted molar refractivity (Wildman–Crippen MR) is 94.0 cm³/mol. The van der Waals surface area contributed by atoms with Crippen LogP contribution in [0.2, 0.25) is 0 Å². The molecule has 0 unspecified atom stereocenters. The average molecular weight is 315 g/mol. The van der Waals surface area contributed by atoms with Gasteiger partial charge in [-0.05, 0) is 19.4 Å². The van der Waals surface area contributed by atoms with Gasteiger partial charge in [0.05, 0.1) is 0 Å². The first-order chi connectivity index (χ1) is 11.4. The quantitative estimate of drug-likeness (QED) is 0.574. The average Bonchev–Trinajstić information content (AvgIpc) is 3.06. The minimum Gasteiger partial charge on any atom is -0.339 e. The van der Waals surface area contributed by atoms with Crippen molar-refractivity contribution in [1.82, 2.24) is 10.1 Å². The number of hydrogen-bond donors (Lipinski definition) is 1. The molecule has 1 heterocycles. The molecule has 0 atom stereocenters. The first-order valence-electron chi connectivity index (χ1n) is 8.98. The summed E-state index contributed by atoms with van der Waals surface area (Å²) in [5.41, 5.74) is 6.50. The zero-order valence-electron chi connectivity index (χ0n) is 14.0. The minimum atomic E-state index is 0.693. The summed E-state index contributed by atoms with van der Waals surface area (Å²) in [6, 6.07) is 9.97. The zero-order chi connectivity index (χ0) is 16.2. The number of aromatic nitrogens is 2. The Bertz CT molecular complexity index is 524. The number of hydrogen-bond acceptors (Lipinski definition) is 4. The third kappa shape index (κ3) is 6.95. The fourth-order valence-electron chi connectivity index (χ4n) is 2.72. The molecule has 1 aromatic heterocycles. The van der Waals surface area contributed by atoms with Gasteiger partial charge in [0.15, 0.2) is 0 Å². The molecule has 4 nitrogen and oxygen atoms in total. The van der Waals surface area contributed by atoms with Crippen molar-refractivity contribution in [1.29, 1.82) is 0 Å². The standard InChI is InChI=1S/C19H29N3O/c20-16-12-7-5-3-1-2-4-6-11-15-18-21-19(22-23-18)17-13-9-8-10-14-17/h8-10,13-14H,1-7,11-12,15-16,20H2. The lowest BCUT2D eigenvalue weighted by Crippen LogP contribution is -1.97. The van der Waals surface area contributed by atoms with E-state index in [0.717, 1.165) is 30.8 Å². The van der Waals surface area contributed by atoms with Gasteiger partial charge in [0.25, 0.3) is 0 Å². The van der Waals surface area contributed by atoms with E-state index in [1.54, 1.807) is 0 Å². The van der Waals surface area contributed by atoms with Gasteiger partial charge in [-0.3, -0.25) is 0 Å². The Morgan fingerprint density at radius 3 is 2.04 bits per heavy atom. The molecule has 0 saturated carbocycles. The van der Waals surface area contributed by atoms with E-state index in [9.17, 15) is 0 Å². The molecule has 0 spiro atoms. The predicted octanol–water partition coefficient (Wildman–Crippen LogP) is 4.75. The van der Waals surface area contributed by atoms with Crippen LogP contribution in [-0.4, -0.2) is 16.7 Å². The molecule has 0 aliphatic rings. The minimum absolute atomic E-state index is 0.693. The van der Waals surface area contributed by atoms with Gasteiger partial charge in [-0.15, -0.1) is 0 Å². The van der Waals surface area contributed by atoms with E-state index < -0.39 is 0 Å². The van der Waals surface area contributed by atoms with Crippen LogP contribution < -0.4 is 5.73 Å². The van der Waals surface area contributed by atoms with Crippen LogP contribution in [0.5, 0.6) is 0 Å². The van der Waals surface area contributed by atoms with E-state index >= 15 is 0 Å². The molecule has 4 heteroatoms. The molecule has 2 rings (SSSR count). The van der Waals surface area contributed by atoms with Gasteiger partial charge in [-0.25, -0.2) is 0 Å². The summed E-state index contributed by atoms with van der Waals surface area (Å²) in [4.78, 5) is 4.47. The topological polar surface area (TPSA) is 64.9 Å². The van der Waals surface area contributed by atoms with Crippen molar-refractivity contribution >= 4 is 0 Å². The van der Waals surface area contributed by atoms with Crippen molar-refractivity contribution < 1.29 is 4.52 Å². The lowest BCUT2D eigenvalue weighted by atomic mass is 10.1. The van der Waals surface area contributed by atoms with E-state index in [1.807, 2.05) is 30.3 Å². The fraction of sp³-hybridized carbons (Fsp3) is 0.579. The van der Waals surface area contributed by atoms with E-state index in [0.29, 0.717) is 5.82 Å². The summed E-state index contributed by atoms with van der Waals surface area (Å²) in [5.74, 6) is 1.45. The second-order valence-corrected chi connectivity index (χ2v) is 6.10. The van der Waals surface area contributed by atoms with Gasteiger partial charge in [0, 0.05) is 12.0 Å². The Balaban J connectivity index is 1.53. The Hall–Kier alpha value is -1.68. The molecule has 0 aliphatic carbocycles. The SMILES string of the molecule is NCCCCCCCCCCCc1nc(-c2ccccc2)no1. The van der Waals surface area contributed by atoms with Gasteiger partial charge in [-0.2, -0.15) is 4.98 Å². The van der Waals surface area contributed by atoms with Gasteiger partial charge >= 0.3 is 0 Å². The third-order valence-electron chi connectivity index (χ3n) is 4.09. The second-order valence-electron chi connectivity index (χ2n) is 6.10. The molecule has 2 N–H and O–H groups in total. The molecular formula is C19H29N3O. The van der Waals surface area contributed by atoms with Crippen LogP contribution in [-0.2, 0) is 6.42 Å². The Morgan fingerprint density at radius 1 is 0.783 bits per heavy atom. The van der Waals surface area contributed by atoms with Crippen LogP contribution in [0.3, 0.4) is 0 Å². The molecule has 0 amide bonds. The Labute approximate surface area is 139 Å². The van der Waals surface area contributed by atoms with Crippen molar-refractivity contribution in [3.8, 4) is 11.4 Å². The van der Waals surface area contributed by atoms with E-state index in [2.05, 4.69) is 10.1 Å². The lowest BCUT2D eigenvalue weighted by Gasteiger charge is -2.01. The van der Waals surface area contributed by atoms with Crippen LogP contribution in [0.15, 0.2) is 34.9 Å². The van der Waals surface area contributed by atoms with Crippen molar-refractivity contribution in [2.75, 3.05) is 6.54 Å². The van der Waals surface area contributed by atoms with Crippen molar-refractivity contribution in [3.05, 3.63) is 36.2 Å². The van der Waals surface area contributed by atoms with E-state index in [4.69, 9.17) is 10.3 Å². The summed E-state index contributed by atoms with van der Waals surface area (Å²) in [7, 11) is 0. The highest BCUT2D eigenvalue weighted by molar-refractivity contribution is 5.53. The monoisotopic (exact) mass is 315 g/mol. The smallest absolute Gasteiger partial charge is 0.226 e. The Morgan fingerprint density at radius 2 is 1.39 bits per heavy atom. The normalized spacial score (nSPS) is 11.0.